The Morgan fingerprint density at radius 3 is 2.46 bits per heavy atom. The summed E-state index contributed by atoms with van der Waals surface area (Å²) in [6, 6.07) is 11.7. The van der Waals surface area contributed by atoms with E-state index in [-0.39, 0.29) is 31.7 Å². The Labute approximate surface area is 162 Å². The minimum absolute atomic E-state index is 0.109. The van der Waals surface area contributed by atoms with Crippen LogP contribution in [-0.4, -0.2) is 43.1 Å². The van der Waals surface area contributed by atoms with Gasteiger partial charge in [0.1, 0.15) is 6.54 Å². The monoisotopic (exact) mass is 384 g/mol. The van der Waals surface area contributed by atoms with Crippen molar-refractivity contribution in [3.05, 3.63) is 53.6 Å². The van der Waals surface area contributed by atoms with Gasteiger partial charge in [-0.05, 0) is 42.0 Å². The Kier molecular flexibility index (Phi) is 5.78. The maximum atomic E-state index is 12.3. The Morgan fingerprint density at radius 2 is 1.79 bits per heavy atom. The molecule has 0 aromatic heterocycles. The third kappa shape index (κ3) is 4.59. The molecule has 8 nitrogen and oxygen atoms in total. The number of esters is 1. The maximum absolute atomic E-state index is 12.3. The number of hydrogen-bond donors (Lipinski definition) is 1. The lowest BCUT2D eigenvalue weighted by molar-refractivity contribution is -0.133. The van der Waals surface area contributed by atoms with E-state index in [1.54, 1.807) is 36.4 Å². The van der Waals surface area contributed by atoms with E-state index in [0.29, 0.717) is 22.7 Å². The molecule has 0 bridgehead atoms. The van der Waals surface area contributed by atoms with Gasteiger partial charge in [0.15, 0.2) is 11.5 Å². The normalized spacial score (nSPS) is 11.6. The van der Waals surface area contributed by atoms with Gasteiger partial charge in [0.2, 0.25) is 18.6 Å². The minimum Gasteiger partial charge on any atom is -0.465 e. The van der Waals surface area contributed by atoms with Crippen molar-refractivity contribution in [2.24, 2.45) is 0 Å². The Morgan fingerprint density at radius 1 is 1.07 bits per heavy atom. The third-order valence-electron chi connectivity index (χ3n) is 4.18. The number of fused-ring (bicyclic) bond motifs is 1. The van der Waals surface area contributed by atoms with Crippen LogP contribution in [-0.2, 0) is 20.9 Å². The van der Waals surface area contributed by atoms with Crippen molar-refractivity contribution in [3.63, 3.8) is 0 Å². The molecule has 1 aliphatic heterocycles. The maximum Gasteiger partial charge on any atom is 0.337 e. The molecule has 0 aliphatic carbocycles. The Hall–Kier alpha value is -3.55. The summed E-state index contributed by atoms with van der Waals surface area (Å²) < 4.78 is 15.2. The summed E-state index contributed by atoms with van der Waals surface area (Å²) in [6.45, 7) is 1.74. The number of carbonyl (C=O) groups is 3. The summed E-state index contributed by atoms with van der Waals surface area (Å²) in [5.74, 6) is 0.252. The van der Waals surface area contributed by atoms with Crippen LogP contribution in [0.3, 0.4) is 0 Å². The van der Waals surface area contributed by atoms with E-state index in [0.717, 1.165) is 5.56 Å². The molecule has 2 aromatic rings. The molecule has 2 amide bonds. The van der Waals surface area contributed by atoms with Crippen molar-refractivity contribution in [1.82, 2.24) is 4.90 Å². The highest BCUT2D eigenvalue weighted by molar-refractivity contribution is 5.95. The molecule has 2 aromatic carbocycles. The van der Waals surface area contributed by atoms with Crippen molar-refractivity contribution in [2.75, 3.05) is 25.8 Å². The summed E-state index contributed by atoms with van der Waals surface area (Å²) in [5.41, 5.74) is 1.73. The second-order valence-corrected chi connectivity index (χ2v) is 6.18. The van der Waals surface area contributed by atoms with Gasteiger partial charge in [0.25, 0.3) is 0 Å². The van der Waals surface area contributed by atoms with E-state index in [2.05, 4.69) is 10.1 Å². The molecule has 146 valence electrons. The summed E-state index contributed by atoms with van der Waals surface area (Å²) in [6.07, 6.45) is 0. The smallest absolute Gasteiger partial charge is 0.337 e. The molecule has 8 heteroatoms. The van der Waals surface area contributed by atoms with Crippen LogP contribution in [0.25, 0.3) is 0 Å². The molecule has 28 heavy (non-hydrogen) atoms. The first kappa shape index (κ1) is 19.2. The third-order valence-corrected chi connectivity index (χ3v) is 4.18. The molecule has 1 aliphatic rings. The average molecular weight is 384 g/mol. The second-order valence-electron chi connectivity index (χ2n) is 6.18. The zero-order valence-electron chi connectivity index (χ0n) is 15.6. The molecule has 0 fully saturated rings. The number of rotatable bonds is 6. The van der Waals surface area contributed by atoms with Crippen LogP contribution >= 0.6 is 0 Å². The molecule has 1 N–H and O–H groups in total. The van der Waals surface area contributed by atoms with Gasteiger partial charge >= 0.3 is 5.97 Å². The lowest BCUT2D eigenvalue weighted by Crippen LogP contribution is -2.36. The predicted molar refractivity (Wildman–Crippen MR) is 100 cm³/mol. The minimum atomic E-state index is -0.454. The highest BCUT2D eigenvalue weighted by atomic mass is 16.7. The van der Waals surface area contributed by atoms with E-state index in [4.69, 9.17) is 9.47 Å². The molecule has 0 atom stereocenters. The summed E-state index contributed by atoms with van der Waals surface area (Å²) >= 11 is 0. The van der Waals surface area contributed by atoms with E-state index in [9.17, 15) is 14.4 Å². The fourth-order valence-corrected chi connectivity index (χ4v) is 2.72. The number of hydrogen-bond acceptors (Lipinski definition) is 6. The van der Waals surface area contributed by atoms with Gasteiger partial charge in [-0.3, -0.25) is 9.59 Å². The number of carbonyl (C=O) groups excluding carboxylic acids is 3. The first-order valence-corrected chi connectivity index (χ1v) is 8.58. The molecule has 0 saturated heterocycles. The van der Waals surface area contributed by atoms with E-state index < -0.39 is 5.97 Å². The van der Waals surface area contributed by atoms with Crippen molar-refractivity contribution in [3.8, 4) is 11.5 Å². The van der Waals surface area contributed by atoms with Gasteiger partial charge < -0.3 is 24.4 Å². The molecule has 0 saturated carbocycles. The number of methoxy groups -OCH3 is 1. The number of nitrogens with one attached hydrogen (secondary N) is 1. The van der Waals surface area contributed by atoms with Crippen LogP contribution in [0.5, 0.6) is 11.5 Å². The number of nitrogens with zero attached hydrogens (tertiary/aromatic N) is 1. The number of anilines is 1. The SMILES string of the molecule is COC(=O)c1ccc(NC(=O)CN(Cc2ccc3c(c2)OCO3)C(C)=O)cc1. The number of amides is 2. The topological polar surface area (TPSA) is 94.2 Å². The highest BCUT2D eigenvalue weighted by Crippen LogP contribution is 2.32. The van der Waals surface area contributed by atoms with Crippen LogP contribution < -0.4 is 14.8 Å². The van der Waals surface area contributed by atoms with Gasteiger partial charge in [0, 0.05) is 19.2 Å². The highest BCUT2D eigenvalue weighted by Gasteiger charge is 2.18. The van der Waals surface area contributed by atoms with Gasteiger partial charge in [-0.1, -0.05) is 6.07 Å². The molecule has 0 spiro atoms. The zero-order chi connectivity index (χ0) is 20.1. The second kappa shape index (κ2) is 8.43. The Balaban J connectivity index is 1.61. The standard InChI is InChI=1S/C20H20N2O6/c1-13(23)22(10-14-3-8-17-18(9-14)28-12-27-17)11-19(24)21-16-6-4-15(5-7-16)20(25)26-2/h3-9H,10-12H2,1-2H3,(H,21,24). The fraction of sp³-hybridized carbons (Fsp3) is 0.250. The van der Waals surface area contributed by atoms with Crippen molar-refractivity contribution >= 4 is 23.5 Å². The first-order chi connectivity index (χ1) is 13.5. The van der Waals surface area contributed by atoms with Crippen LogP contribution in [0.4, 0.5) is 5.69 Å². The van der Waals surface area contributed by atoms with Crippen LogP contribution in [0.2, 0.25) is 0 Å². The quantitative estimate of drug-likeness (QED) is 0.768. The van der Waals surface area contributed by atoms with E-state index in [1.807, 2.05) is 6.07 Å². The predicted octanol–water partition coefficient (Wildman–Crippen LogP) is 2.19. The lowest BCUT2D eigenvalue weighted by Gasteiger charge is -2.21. The average Bonchev–Trinajstić information content (AvgIpc) is 3.15. The molecule has 0 radical (unpaired) electrons. The number of ether oxygens (including phenoxy) is 3. The molecule has 1 heterocycles. The lowest BCUT2D eigenvalue weighted by atomic mass is 10.2. The van der Waals surface area contributed by atoms with Crippen LogP contribution in [0.1, 0.15) is 22.8 Å². The van der Waals surface area contributed by atoms with Crippen LogP contribution in [0.15, 0.2) is 42.5 Å². The molecule has 3 rings (SSSR count). The van der Waals surface area contributed by atoms with Crippen molar-refractivity contribution in [2.45, 2.75) is 13.5 Å². The van der Waals surface area contributed by atoms with Gasteiger partial charge in [-0.2, -0.15) is 0 Å². The largest absolute Gasteiger partial charge is 0.465 e. The van der Waals surface area contributed by atoms with Gasteiger partial charge in [0.05, 0.1) is 12.7 Å². The number of benzene rings is 2. The summed E-state index contributed by atoms with van der Waals surface area (Å²) in [4.78, 5) is 37.2. The van der Waals surface area contributed by atoms with Crippen molar-refractivity contribution < 1.29 is 28.6 Å². The zero-order valence-corrected chi connectivity index (χ0v) is 15.6. The molecular formula is C20H20N2O6. The first-order valence-electron chi connectivity index (χ1n) is 8.58. The van der Waals surface area contributed by atoms with Crippen LogP contribution in [0, 0.1) is 0 Å². The molecule has 0 unspecified atom stereocenters. The fourth-order valence-electron chi connectivity index (χ4n) is 2.72. The Bertz CT molecular complexity index is 894. The summed E-state index contributed by atoms with van der Waals surface area (Å²) in [7, 11) is 1.30. The van der Waals surface area contributed by atoms with Gasteiger partial charge in [-0.25, -0.2) is 4.79 Å². The summed E-state index contributed by atoms with van der Waals surface area (Å²) in [5, 5.41) is 2.71. The van der Waals surface area contributed by atoms with E-state index in [1.165, 1.54) is 18.9 Å². The molecular weight excluding hydrogens is 364 g/mol. The van der Waals surface area contributed by atoms with Gasteiger partial charge in [-0.15, -0.1) is 0 Å². The van der Waals surface area contributed by atoms with Crippen molar-refractivity contribution in [1.29, 1.82) is 0 Å². The van der Waals surface area contributed by atoms with E-state index >= 15 is 0 Å².